The van der Waals surface area contributed by atoms with E-state index in [1.54, 1.807) is 19.9 Å². The molecule has 1 aliphatic rings. The molecule has 1 aromatic rings. The van der Waals surface area contributed by atoms with Gasteiger partial charge in [0, 0.05) is 11.4 Å². The van der Waals surface area contributed by atoms with Crippen LogP contribution in [0.25, 0.3) is 0 Å². The van der Waals surface area contributed by atoms with Crippen LogP contribution < -0.4 is 5.32 Å². The van der Waals surface area contributed by atoms with Crippen LogP contribution in [0.15, 0.2) is 29.2 Å². The van der Waals surface area contributed by atoms with Crippen LogP contribution in [-0.4, -0.2) is 52.4 Å². The van der Waals surface area contributed by atoms with E-state index < -0.39 is 36.1 Å². The Labute approximate surface area is 152 Å². The molecule has 1 aromatic carbocycles. The molecule has 1 fully saturated rings. The number of hydrogen-bond donors (Lipinski definition) is 1. The summed E-state index contributed by atoms with van der Waals surface area (Å²) in [6.07, 6.45) is 0. The smallest absolute Gasteiger partial charge is 0.324 e. The van der Waals surface area contributed by atoms with Crippen molar-refractivity contribution < 1.29 is 28.0 Å². The number of thioether (sulfide) groups is 1. The molecule has 26 heavy (non-hydrogen) atoms. The monoisotopic (exact) mass is 385 g/mol. The van der Waals surface area contributed by atoms with Gasteiger partial charge in [-0.25, -0.2) is 9.69 Å². The van der Waals surface area contributed by atoms with Crippen LogP contribution in [0.3, 0.4) is 0 Å². The summed E-state index contributed by atoms with van der Waals surface area (Å²) in [6.45, 7) is 2.94. The van der Waals surface area contributed by atoms with Crippen molar-refractivity contribution in [3.8, 4) is 0 Å². The first-order chi connectivity index (χ1) is 12.2. The van der Waals surface area contributed by atoms with E-state index in [9.17, 15) is 28.0 Å². The van der Waals surface area contributed by atoms with Gasteiger partial charge in [-0.2, -0.15) is 8.78 Å². The lowest BCUT2D eigenvalue weighted by Crippen LogP contribution is -2.39. The number of benzene rings is 1. The number of carbonyl (C=O) groups is 4. The summed E-state index contributed by atoms with van der Waals surface area (Å²) < 4.78 is 25.1. The molecule has 1 N–H and O–H groups in total. The number of carbonyl (C=O) groups excluding carboxylic acids is 4. The van der Waals surface area contributed by atoms with Crippen molar-refractivity contribution in [1.29, 1.82) is 0 Å². The van der Waals surface area contributed by atoms with Crippen LogP contribution in [0, 0.1) is 5.92 Å². The number of nitrogens with zero attached hydrogens (tertiary/aromatic N) is 2. The summed E-state index contributed by atoms with van der Waals surface area (Å²) in [4.78, 5) is 49.6. The van der Waals surface area contributed by atoms with E-state index in [-0.39, 0.29) is 34.8 Å². The first kappa shape index (κ1) is 19.8. The molecule has 2 rings (SSSR count). The maximum atomic E-state index is 12.6. The van der Waals surface area contributed by atoms with Crippen molar-refractivity contribution in [1.82, 2.24) is 9.80 Å². The SMILES string of the molecule is CC(C)CN1C(=O)C(=O)N(CC(=O)Nc2ccccc2SC(F)F)C1=O. The summed E-state index contributed by atoms with van der Waals surface area (Å²) in [5, 5.41) is 2.39. The molecular weight excluding hydrogens is 368 g/mol. The molecule has 0 aliphatic carbocycles. The lowest BCUT2D eigenvalue weighted by Gasteiger charge is -2.17. The molecule has 140 valence electrons. The standard InChI is InChI=1S/C16H17F2N3O4S/c1-9(2)7-20-13(23)14(24)21(16(20)25)8-12(22)19-10-5-3-4-6-11(10)26-15(17)18/h3-6,9,15H,7-8H2,1-2H3,(H,19,22). The van der Waals surface area contributed by atoms with Crippen LogP contribution in [0.4, 0.5) is 19.3 Å². The number of amides is 5. The topological polar surface area (TPSA) is 86.8 Å². The van der Waals surface area contributed by atoms with Crippen LogP contribution in [-0.2, 0) is 14.4 Å². The Bertz CT molecular complexity index is 742. The van der Waals surface area contributed by atoms with Gasteiger partial charge in [-0.05, 0) is 18.1 Å². The number of halogens is 2. The number of para-hydroxylation sites is 1. The minimum atomic E-state index is -2.67. The zero-order valence-electron chi connectivity index (χ0n) is 14.1. The predicted molar refractivity (Wildman–Crippen MR) is 90.6 cm³/mol. The fourth-order valence-electron chi connectivity index (χ4n) is 2.32. The number of urea groups is 1. The molecule has 0 unspecified atom stereocenters. The van der Waals surface area contributed by atoms with E-state index in [1.807, 2.05) is 0 Å². The predicted octanol–water partition coefficient (Wildman–Crippen LogP) is 2.39. The van der Waals surface area contributed by atoms with Crippen molar-refractivity contribution in [2.24, 2.45) is 5.92 Å². The minimum Gasteiger partial charge on any atom is -0.324 e. The Balaban J connectivity index is 2.08. The molecule has 1 saturated heterocycles. The van der Waals surface area contributed by atoms with Crippen molar-refractivity contribution in [2.75, 3.05) is 18.4 Å². The quantitative estimate of drug-likeness (QED) is 0.442. The van der Waals surface area contributed by atoms with Crippen molar-refractivity contribution in [3.63, 3.8) is 0 Å². The number of nitrogens with one attached hydrogen (secondary N) is 1. The molecule has 0 aromatic heterocycles. The third-order valence-corrected chi connectivity index (χ3v) is 4.15. The average molecular weight is 385 g/mol. The normalized spacial score (nSPS) is 14.8. The molecule has 0 saturated carbocycles. The van der Waals surface area contributed by atoms with Gasteiger partial charge in [0.25, 0.3) is 5.76 Å². The Morgan fingerprint density at radius 2 is 1.73 bits per heavy atom. The number of anilines is 1. The maximum Gasteiger partial charge on any atom is 0.334 e. The summed E-state index contributed by atoms with van der Waals surface area (Å²) in [5.74, 6) is -5.54. The molecule has 0 spiro atoms. The Hall–Kier alpha value is -2.49. The molecule has 0 bridgehead atoms. The third-order valence-electron chi connectivity index (χ3n) is 3.36. The molecule has 1 heterocycles. The molecule has 1 aliphatic heterocycles. The molecule has 0 radical (unpaired) electrons. The molecule has 10 heteroatoms. The van der Waals surface area contributed by atoms with Crippen LogP contribution in [0.5, 0.6) is 0 Å². The highest BCUT2D eigenvalue weighted by Gasteiger charge is 2.45. The Morgan fingerprint density at radius 3 is 2.35 bits per heavy atom. The molecule has 5 amide bonds. The summed E-state index contributed by atoms with van der Waals surface area (Å²) >= 11 is 0.261. The van der Waals surface area contributed by atoms with Gasteiger partial charge in [-0.15, -0.1) is 0 Å². The zero-order chi connectivity index (χ0) is 19.4. The molecular formula is C16H17F2N3O4S. The van der Waals surface area contributed by atoms with Gasteiger partial charge < -0.3 is 5.32 Å². The van der Waals surface area contributed by atoms with Gasteiger partial charge in [-0.3, -0.25) is 19.3 Å². The number of imide groups is 2. The van der Waals surface area contributed by atoms with Crippen molar-refractivity contribution >= 4 is 41.2 Å². The zero-order valence-corrected chi connectivity index (χ0v) is 14.9. The molecule has 0 atom stereocenters. The van der Waals surface area contributed by atoms with Crippen LogP contribution in [0.1, 0.15) is 13.8 Å². The Kier molecular flexibility index (Phi) is 6.30. The highest BCUT2D eigenvalue weighted by Crippen LogP contribution is 2.31. The third kappa shape index (κ3) is 4.57. The van der Waals surface area contributed by atoms with Gasteiger partial charge in [0.15, 0.2) is 0 Å². The second-order valence-electron chi connectivity index (χ2n) is 5.91. The van der Waals surface area contributed by atoms with Gasteiger partial charge >= 0.3 is 17.8 Å². The first-order valence-electron chi connectivity index (χ1n) is 7.71. The lowest BCUT2D eigenvalue weighted by molar-refractivity contribution is -0.143. The van der Waals surface area contributed by atoms with Crippen molar-refractivity contribution in [2.45, 2.75) is 24.5 Å². The summed E-state index contributed by atoms with van der Waals surface area (Å²) in [6, 6.07) is 5.06. The van der Waals surface area contributed by atoms with Gasteiger partial charge in [0.05, 0.1) is 5.69 Å². The summed E-state index contributed by atoms with van der Waals surface area (Å²) in [5.41, 5.74) is 0.132. The number of rotatable bonds is 7. The van der Waals surface area contributed by atoms with Crippen molar-refractivity contribution in [3.05, 3.63) is 24.3 Å². The Morgan fingerprint density at radius 1 is 1.12 bits per heavy atom. The first-order valence-corrected chi connectivity index (χ1v) is 8.59. The highest BCUT2D eigenvalue weighted by atomic mass is 32.2. The van der Waals surface area contributed by atoms with E-state index in [1.165, 1.54) is 18.2 Å². The fraction of sp³-hybridized carbons (Fsp3) is 0.375. The van der Waals surface area contributed by atoms with E-state index in [0.717, 1.165) is 4.90 Å². The van der Waals surface area contributed by atoms with E-state index in [4.69, 9.17) is 0 Å². The maximum absolute atomic E-state index is 12.6. The highest BCUT2D eigenvalue weighted by molar-refractivity contribution is 7.99. The van der Waals surface area contributed by atoms with Gasteiger partial charge in [0.2, 0.25) is 5.91 Å². The largest absolute Gasteiger partial charge is 0.334 e. The second-order valence-corrected chi connectivity index (χ2v) is 6.94. The van der Waals surface area contributed by atoms with Crippen LogP contribution in [0.2, 0.25) is 0 Å². The lowest BCUT2D eigenvalue weighted by atomic mass is 10.2. The summed E-state index contributed by atoms with van der Waals surface area (Å²) in [7, 11) is 0. The van der Waals surface area contributed by atoms with Gasteiger partial charge in [-0.1, -0.05) is 37.7 Å². The average Bonchev–Trinajstić information content (AvgIpc) is 2.74. The van der Waals surface area contributed by atoms with E-state index in [0.29, 0.717) is 4.90 Å². The second kappa shape index (κ2) is 8.26. The minimum absolute atomic E-state index is 0.0391. The molecule has 7 nitrogen and oxygen atoms in total. The number of alkyl halides is 2. The fourth-order valence-corrected chi connectivity index (χ4v) is 2.91. The van der Waals surface area contributed by atoms with Gasteiger partial charge in [0.1, 0.15) is 6.54 Å². The van der Waals surface area contributed by atoms with Crippen LogP contribution >= 0.6 is 11.8 Å². The van der Waals surface area contributed by atoms with E-state index in [2.05, 4.69) is 5.32 Å². The number of hydrogen-bond acceptors (Lipinski definition) is 5. The van der Waals surface area contributed by atoms with E-state index >= 15 is 0 Å².